The van der Waals surface area contributed by atoms with Crippen LogP contribution >= 0.6 is 0 Å². The van der Waals surface area contributed by atoms with Crippen molar-refractivity contribution in [3.8, 4) is 11.5 Å². The van der Waals surface area contributed by atoms with Crippen molar-refractivity contribution in [2.75, 3.05) is 25.1 Å². The van der Waals surface area contributed by atoms with Crippen LogP contribution in [0.25, 0.3) is 5.57 Å². The lowest BCUT2D eigenvalue weighted by Gasteiger charge is -2.36. The summed E-state index contributed by atoms with van der Waals surface area (Å²) in [6, 6.07) is 3.35. The number of fused-ring (bicyclic) bond motifs is 1. The van der Waals surface area contributed by atoms with Gasteiger partial charge in [0.15, 0.2) is 16.4 Å². The van der Waals surface area contributed by atoms with Crippen LogP contribution in [0.2, 0.25) is 0 Å². The molecule has 0 bridgehead atoms. The van der Waals surface area contributed by atoms with E-state index in [1.807, 2.05) is 13.8 Å². The smallest absolute Gasteiger partial charge is 0.270 e. The number of sulfonamides is 1. The van der Waals surface area contributed by atoms with Crippen molar-refractivity contribution in [2.45, 2.75) is 60.4 Å². The summed E-state index contributed by atoms with van der Waals surface area (Å²) < 4.78 is 38.8. The molecule has 0 spiro atoms. The molecule has 1 aliphatic heterocycles. The second-order valence-corrected chi connectivity index (χ2v) is 11.2. The Kier molecular flexibility index (Phi) is 6.52. The lowest BCUT2D eigenvalue weighted by molar-refractivity contribution is -0.118. The molecule has 1 N–H and O–H groups in total. The summed E-state index contributed by atoms with van der Waals surface area (Å²) in [5.74, 6) is 0.302. The number of anilines is 1. The minimum absolute atomic E-state index is 0.0301. The van der Waals surface area contributed by atoms with Crippen LogP contribution in [0, 0.1) is 5.41 Å². The van der Waals surface area contributed by atoms with Gasteiger partial charge in [-0.3, -0.25) is 9.10 Å². The summed E-state index contributed by atoms with van der Waals surface area (Å²) in [6.45, 7) is 13.6. The number of nitrogens with zero attached hydrogens (tertiary/aromatic N) is 1. The highest BCUT2D eigenvalue weighted by Gasteiger charge is 2.41. The van der Waals surface area contributed by atoms with Gasteiger partial charge in [-0.05, 0) is 51.2 Å². The van der Waals surface area contributed by atoms with Gasteiger partial charge in [0, 0.05) is 23.7 Å². The lowest BCUT2D eigenvalue weighted by atomic mass is 9.82. The van der Waals surface area contributed by atoms with Crippen molar-refractivity contribution < 1.29 is 22.7 Å². The number of hydrogen-bond donors (Lipinski definition) is 1. The van der Waals surface area contributed by atoms with Crippen LogP contribution in [0.1, 0.15) is 60.5 Å². The van der Waals surface area contributed by atoms with Gasteiger partial charge in [-0.2, -0.15) is 0 Å². The Bertz CT molecular complexity index is 972. The maximum absolute atomic E-state index is 13.4. The Morgan fingerprint density at radius 1 is 1.07 bits per heavy atom. The second kappa shape index (κ2) is 8.13. The fraction of sp³-hybridized carbons (Fsp3) is 0.591. The van der Waals surface area contributed by atoms with E-state index >= 15 is 0 Å². The first-order valence-electron chi connectivity index (χ1n) is 10.0. The number of benzene rings is 1. The summed E-state index contributed by atoms with van der Waals surface area (Å²) >= 11 is 0. The number of allylic oxidation sites excluding steroid dienone is 1. The molecule has 0 saturated carbocycles. The van der Waals surface area contributed by atoms with E-state index in [0.717, 1.165) is 0 Å². The first-order chi connectivity index (χ1) is 13.7. The number of carbonyl (C=O) groups is 1. The predicted molar refractivity (Wildman–Crippen MR) is 120 cm³/mol. The number of amides is 1. The topological polar surface area (TPSA) is 84.9 Å². The zero-order valence-corrected chi connectivity index (χ0v) is 20.3. The molecule has 8 heteroatoms. The number of methoxy groups -OCH3 is 2. The summed E-state index contributed by atoms with van der Waals surface area (Å²) in [7, 11) is -1.02. The second-order valence-electron chi connectivity index (χ2n) is 9.42. The van der Waals surface area contributed by atoms with E-state index in [9.17, 15) is 13.2 Å². The standard InChI is InChI=1S/C22H34N2O5S/c1-10-24-16-12-18(29-9)17(28-8)11-15(16)14(2)19(30(24,26)27)20(25)23-22(6,7)13-21(3,4)5/h11-12H,10,13H2,1-9H3,(H,23,25). The number of carbonyl (C=O) groups excluding carboxylic acids is 1. The van der Waals surface area contributed by atoms with Gasteiger partial charge in [-0.25, -0.2) is 8.42 Å². The third kappa shape index (κ3) is 4.58. The van der Waals surface area contributed by atoms with Crippen LogP contribution in [0.3, 0.4) is 0 Å². The average molecular weight is 439 g/mol. The van der Waals surface area contributed by atoms with Gasteiger partial charge in [-0.15, -0.1) is 0 Å². The minimum Gasteiger partial charge on any atom is -0.493 e. The van der Waals surface area contributed by atoms with Crippen molar-refractivity contribution in [2.24, 2.45) is 5.41 Å². The molecule has 0 radical (unpaired) electrons. The molecule has 0 aromatic heterocycles. The van der Waals surface area contributed by atoms with E-state index in [4.69, 9.17) is 9.47 Å². The molecule has 168 valence electrons. The number of hydrogen-bond acceptors (Lipinski definition) is 5. The minimum atomic E-state index is -4.03. The van der Waals surface area contributed by atoms with Gasteiger partial charge >= 0.3 is 0 Å². The zero-order chi connectivity index (χ0) is 23.1. The molecular formula is C22H34N2O5S. The molecule has 0 atom stereocenters. The Morgan fingerprint density at radius 2 is 1.60 bits per heavy atom. The molecule has 2 rings (SSSR count). The number of ether oxygens (including phenoxy) is 2. The van der Waals surface area contributed by atoms with E-state index in [-0.39, 0.29) is 16.9 Å². The first kappa shape index (κ1) is 24.1. The largest absolute Gasteiger partial charge is 0.493 e. The van der Waals surface area contributed by atoms with E-state index in [0.29, 0.717) is 34.7 Å². The highest BCUT2D eigenvalue weighted by Crippen LogP contribution is 2.45. The van der Waals surface area contributed by atoms with Crippen LogP contribution in [-0.4, -0.2) is 40.6 Å². The van der Waals surface area contributed by atoms with Gasteiger partial charge in [-0.1, -0.05) is 20.8 Å². The van der Waals surface area contributed by atoms with Crippen molar-refractivity contribution in [1.82, 2.24) is 5.32 Å². The molecule has 1 heterocycles. The van der Waals surface area contributed by atoms with Crippen LogP contribution in [-0.2, 0) is 14.8 Å². The molecule has 7 nitrogen and oxygen atoms in total. The van der Waals surface area contributed by atoms with Gasteiger partial charge < -0.3 is 14.8 Å². The van der Waals surface area contributed by atoms with Crippen LogP contribution in [0.5, 0.6) is 11.5 Å². The van der Waals surface area contributed by atoms with Crippen molar-refractivity contribution >= 4 is 27.2 Å². The molecule has 1 amide bonds. The molecule has 0 saturated heterocycles. The van der Waals surface area contributed by atoms with Crippen LogP contribution in [0.4, 0.5) is 5.69 Å². The quantitative estimate of drug-likeness (QED) is 0.727. The Balaban J connectivity index is 2.65. The number of nitrogens with one attached hydrogen (secondary N) is 1. The lowest BCUT2D eigenvalue weighted by Crippen LogP contribution is -2.49. The molecule has 30 heavy (non-hydrogen) atoms. The van der Waals surface area contributed by atoms with E-state index in [2.05, 4.69) is 26.1 Å². The molecule has 0 aliphatic carbocycles. The monoisotopic (exact) mass is 438 g/mol. The molecule has 1 aromatic rings. The van der Waals surface area contributed by atoms with Crippen molar-refractivity contribution in [3.05, 3.63) is 22.6 Å². The summed E-state index contributed by atoms with van der Waals surface area (Å²) in [4.78, 5) is 13.0. The Hall–Kier alpha value is -2.22. The Labute approximate surface area is 180 Å². The van der Waals surface area contributed by atoms with Gasteiger partial charge in [0.2, 0.25) is 0 Å². The van der Waals surface area contributed by atoms with Gasteiger partial charge in [0.1, 0.15) is 0 Å². The van der Waals surface area contributed by atoms with Crippen LogP contribution in [0.15, 0.2) is 17.0 Å². The van der Waals surface area contributed by atoms with E-state index in [1.165, 1.54) is 18.5 Å². The number of rotatable bonds is 6. The fourth-order valence-electron chi connectivity index (χ4n) is 4.29. The molecular weight excluding hydrogens is 404 g/mol. The molecule has 1 aromatic carbocycles. The third-order valence-corrected chi connectivity index (χ3v) is 7.02. The van der Waals surface area contributed by atoms with Gasteiger partial charge in [0.25, 0.3) is 15.9 Å². The maximum Gasteiger partial charge on any atom is 0.270 e. The van der Waals surface area contributed by atoms with Crippen molar-refractivity contribution in [3.63, 3.8) is 0 Å². The third-order valence-electron chi connectivity index (χ3n) is 4.98. The first-order valence-corrected chi connectivity index (χ1v) is 11.4. The zero-order valence-electron chi connectivity index (χ0n) is 19.5. The Morgan fingerprint density at radius 3 is 2.07 bits per heavy atom. The van der Waals surface area contributed by atoms with E-state index in [1.54, 1.807) is 26.0 Å². The highest BCUT2D eigenvalue weighted by molar-refractivity contribution is 7.97. The summed E-state index contributed by atoms with van der Waals surface area (Å²) in [5, 5.41) is 2.94. The molecule has 1 aliphatic rings. The summed E-state index contributed by atoms with van der Waals surface area (Å²) in [6.07, 6.45) is 0.692. The predicted octanol–water partition coefficient (Wildman–Crippen LogP) is 3.94. The summed E-state index contributed by atoms with van der Waals surface area (Å²) in [5.41, 5.74) is 0.881. The van der Waals surface area contributed by atoms with Gasteiger partial charge in [0.05, 0.1) is 19.9 Å². The maximum atomic E-state index is 13.4. The molecule has 0 fully saturated rings. The normalized spacial score (nSPS) is 16.2. The van der Waals surface area contributed by atoms with E-state index < -0.39 is 21.5 Å². The SMILES string of the molecule is CCN1c2cc(OC)c(OC)cc2C(C)=C(C(=O)NC(C)(C)CC(C)(C)C)S1(=O)=O. The molecule has 0 unspecified atom stereocenters. The van der Waals surface area contributed by atoms with Crippen molar-refractivity contribution in [1.29, 1.82) is 0 Å². The fourth-order valence-corrected chi connectivity index (χ4v) is 6.04. The highest BCUT2D eigenvalue weighted by atomic mass is 32.2. The van der Waals surface area contributed by atoms with Crippen LogP contribution < -0.4 is 19.1 Å². The average Bonchev–Trinajstić information content (AvgIpc) is 2.57.